The zero-order valence-electron chi connectivity index (χ0n) is 12.2. The Morgan fingerprint density at radius 1 is 1.29 bits per heavy atom. The Hall–Kier alpha value is -2.28. The zero-order chi connectivity index (χ0) is 14.7. The summed E-state index contributed by atoms with van der Waals surface area (Å²) in [6, 6.07) is 5.51. The van der Waals surface area contributed by atoms with Crippen LogP contribution in [0.1, 0.15) is 5.69 Å². The first-order valence-electron chi connectivity index (χ1n) is 6.77. The third-order valence-electron chi connectivity index (χ3n) is 3.09. The minimum absolute atomic E-state index is 0.263. The number of nitrogens with zero attached hydrogens (tertiary/aromatic N) is 4. The Balaban J connectivity index is 1.55. The molecule has 0 spiro atoms. The average molecular weight is 290 g/mol. The van der Waals surface area contributed by atoms with E-state index < -0.39 is 0 Å². The number of ether oxygens (including phenoxy) is 3. The smallest absolute Gasteiger partial charge is 0.231 e. The van der Waals surface area contributed by atoms with Gasteiger partial charge in [0.15, 0.2) is 11.5 Å². The van der Waals surface area contributed by atoms with Gasteiger partial charge >= 0.3 is 0 Å². The lowest BCUT2D eigenvalue weighted by Gasteiger charge is -2.07. The van der Waals surface area contributed by atoms with E-state index in [1.54, 1.807) is 0 Å². The van der Waals surface area contributed by atoms with Crippen molar-refractivity contribution in [3.8, 4) is 17.2 Å². The van der Waals surface area contributed by atoms with E-state index in [9.17, 15) is 0 Å². The normalized spacial score (nSPS) is 12.9. The fourth-order valence-corrected chi connectivity index (χ4v) is 1.94. The number of aromatic nitrogens is 3. The molecule has 0 saturated carbocycles. The van der Waals surface area contributed by atoms with Gasteiger partial charge in [-0.05, 0) is 26.2 Å². The number of benzene rings is 1. The lowest BCUT2D eigenvalue weighted by molar-refractivity contribution is 0.173. The summed E-state index contributed by atoms with van der Waals surface area (Å²) in [4.78, 5) is 2.10. The summed E-state index contributed by atoms with van der Waals surface area (Å²) < 4.78 is 18.1. The van der Waals surface area contributed by atoms with Gasteiger partial charge in [-0.1, -0.05) is 5.21 Å². The summed E-state index contributed by atoms with van der Waals surface area (Å²) in [7, 11) is 4.06. The van der Waals surface area contributed by atoms with Crippen LogP contribution in [0.15, 0.2) is 24.4 Å². The monoisotopic (exact) mass is 290 g/mol. The van der Waals surface area contributed by atoms with E-state index >= 15 is 0 Å². The molecular weight excluding hydrogens is 272 g/mol. The van der Waals surface area contributed by atoms with Gasteiger partial charge in [0.25, 0.3) is 0 Å². The first kappa shape index (κ1) is 13.7. The highest BCUT2D eigenvalue weighted by Crippen LogP contribution is 2.35. The molecule has 0 amide bonds. The molecule has 0 unspecified atom stereocenters. The van der Waals surface area contributed by atoms with Crippen molar-refractivity contribution < 1.29 is 14.2 Å². The summed E-state index contributed by atoms with van der Waals surface area (Å²) >= 11 is 0. The minimum Gasteiger partial charge on any atom is -0.487 e. The molecule has 1 aliphatic heterocycles. The first-order valence-corrected chi connectivity index (χ1v) is 6.77. The van der Waals surface area contributed by atoms with Crippen molar-refractivity contribution in [1.29, 1.82) is 0 Å². The molecule has 7 heteroatoms. The zero-order valence-corrected chi connectivity index (χ0v) is 12.2. The molecule has 7 nitrogen and oxygen atoms in total. The molecule has 1 aromatic carbocycles. The van der Waals surface area contributed by atoms with Gasteiger partial charge in [-0.15, -0.1) is 5.10 Å². The summed E-state index contributed by atoms with van der Waals surface area (Å²) in [6.07, 6.45) is 1.90. The first-order chi connectivity index (χ1) is 10.2. The Kier molecular flexibility index (Phi) is 3.92. The van der Waals surface area contributed by atoms with Crippen molar-refractivity contribution in [3.63, 3.8) is 0 Å². The fraction of sp³-hybridized carbons (Fsp3) is 0.429. The molecule has 0 saturated heterocycles. The van der Waals surface area contributed by atoms with E-state index in [0.29, 0.717) is 12.4 Å². The number of hydrogen-bond acceptors (Lipinski definition) is 6. The molecule has 0 N–H and O–H groups in total. The molecule has 1 aromatic heterocycles. The number of hydrogen-bond donors (Lipinski definition) is 0. The summed E-state index contributed by atoms with van der Waals surface area (Å²) in [5.74, 6) is 2.18. The molecule has 0 atom stereocenters. The predicted octanol–water partition coefficient (Wildman–Crippen LogP) is 1.15. The van der Waals surface area contributed by atoms with Crippen LogP contribution in [0.4, 0.5) is 0 Å². The second-order valence-electron chi connectivity index (χ2n) is 5.08. The van der Waals surface area contributed by atoms with Gasteiger partial charge in [-0.2, -0.15) is 0 Å². The van der Waals surface area contributed by atoms with Crippen LogP contribution in [0, 0.1) is 0 Å². The van der Waals surface area contributed by atoms with E-state index in [2.05, 4.69) is 15.2 Å². The van der Waals surface area contributed by atoms with E-state index in [1.165, 1.54) is 0 Å². The summed E-state index contributed by atoms with van der Waals surface area (Å²) in [5, 5.41) is 8.17. The van der Waals surface area contributed by atoms with Gasteiger partial charge < -0.3 is 19.1 Å². The number of rotatable bonds is 6. The lowest BCUT2D eigenvalue weighted by atomic mass is 10.3. The molecule has 0 fully saturated rings. The minimum atomic E-state index is 0.263. The van der Waals surface area contributed by atoms with Crippen LogP contribution < -0.4 is 14.2 Å². The third-order valence-corrected chi connectivity index (χ3v) is 3.09. The second-order valence-corrected chi connectivity index (χ2v) is 5.08. The molecule has 2 aromatic rings. The summed E-state index contributed by atoms with van der Waals surface area (Å²) in [6.45, 7) is 2.37. The van der Waals surface area contributed by atoms with Crippen LogP contribution in [0.25, 0.3) is 0 Å². The number of likely N-dealkylation sites (N-methyl/N-ethyl adjacent to an activating group) is 1. The van der Waals surface area contributed by atoms with Crippen molar-refractivity contribution in [2.45, 2.75) is 13.2 Å². The van der Waals surface area contributed by atoms with E-state index in [4.69, 9.17) is 14.2 Å². The third kappa shape index (κ3) is 3.43. The van der Waals surface area contributed by atoms with Crippen LogP contribution in [-0.2, 0) is 13.2 Å². The van der Waals surface area contributed by atoms with Crippen molar-refractivity contribution >= 4 is 0 Å². The van der Waals surface area contributed by atoms with Crippen LogP contribution in [-0.4, -0.2) is 47.3 Å². The van der Waals surface area contributed by atoms with Gasteiger partial charge in [0.05, 0.1) is 12.7 Å². The van der Waals surface area contributed by atoms with E-state index in [1.807, 2.05) is 43.2 Å². The van der Waals surface area contributed by atoms with Crippen molar-refractivity contribution in [2.75, 3.05) is 27.4 Å². The summed E-state index contributed by atoms with van der Waals surface area (Å²) in [5.41, 5.74) is 0.798. The Bertz CT molecular complexity index is 612. The highest BCUT2D eigenvalue weighted by molar-refractivity contribution is 5.46. The molecular formula is C14H18N4O3. The molecule has 2 heterocycles. The van der Waals surface area contributed by atoms with Crippen molar-refractivity contribution in [2.24, 2.45) is 0 Å². The quantitative estimate of drug-likeness (QED) is 0.795. The van der Waals surface area contributed by atoms with Crippen molar-refractivity contribution in [3.05, 3.63) is 30.1 Å². The highest BCUT2D eigenvalue weighted by atomic mass is 16.7. The molecule has 0 bridgehead atoms. The van der Waals surface area contributed by atoms with E-state index in [0.717, 1.165) is 30.3 Å². The van der Waals surface area contributed by atoms with Gasteiger partial charge in [-0.25, -0.2) is 0 Å². The average Bonchev–Trinajstić information content (AvgIpc) is 3.11. The Morgan fingerprint density at radius 3 is 3.00 bits per heavy atom. The SMILES string of the molecule is CN(C)CCn1cc(COc2ccc3c(c2)OCO3)nn1. The van der Waals surface area contributed by atoms with E-state index in [-0.39, 0.29) is 6.79 Å². The number of fused-ring (bicyclic) bond motifs is 1. The maximum absolute atomic E-state index is 5.69. The molecule has 0 radical (unpaired) electrons. The van der Waals surface area contributed by atoms with Gasteiger partial charge in [0, 0.05) is 12.6 Å². The fourth-order valence-electron chi connectivity index (χ4n) is 1.94. The molecule has 112 valence electrons. The van der Waals surface area contributed by atoms with Crippen LogP contribution >= 0.6 is 0 Å². The maximum atomic E-state index is 5.69. The Morgan fingerprint density at radius 2 is 2.14 bits per heavy atom. The topological polar surface area (TPSA) is 61.6 Å². The van der Waals surface area contributed by atoms with Crippen molar-refractivity contribution in [1.82, 2.24) is 19.9 Å². The lowest BCUT2D eigenvalue weighted by Crippen LogP contribution is -2.18. The molecule has 3 rings (SSSR count). The van der Waals surface area contributed by atoms with Gasteiger partial charge in [0.2, 0.25) is 6.79 Å². The molecule has 1 aliphatic rings. The van der Waals surface area contributed by atoms with Gasteiger partial charge in [-0.3, -0.25) is 4.68 Å². The standard InChI is InChI=1S/C14H18N4O3/c1-17(2)5-6-18-8-11(15-16-18)9-19-12-3-4-13-14(7-12)21-10-20-13/h3-4,7-8H,5-6,9-10H2,1-2H3. The van der Waals surface area contributed by atoms with Crippen LogP contribution in [0.3, 0.4) is 0 Å². The highest BCUT2D eigenvalue weighted by Gasteiger charge is 2.13. The Labute approximate surface area is 123 Å². The predicted molar refractivity (Wildman–Crippen MR) is 75.5 cm³/mol. The van der Waals surface area contributed by atoms with Crippen LogP contribution in [0.2, 0.25) is 0 Å². The van der Waals surface area contributed by atoms with Crippen LogP contribution in [0.5, 0.6) is 17.2 Å². The largest absolute Gasteiger partial charge is 0.487 e. The molecule has 0 aliphatic carbocycles. The van der Waals surface area contributed by atoms with Gasteiger partial charge in [0.1, 0.15) is 18.1 Å². The second kappa shape index (κ2) is 6.01. The maximum Gasteiger partial charge on any atom is 0.231 e. The molecule has 21 heavy (non-hydrogen) atoms.